The molecule has 0 aromatic carbocycles. The summed E-state index contributed by atoms with van der Waals surface area (Å²) in [5, 5.41) is 0. The molecule has 2 unspecified atom stereocenters. The Kier molecular flexibility index (Phi) is 4.15. The number of epoxide rings is 1. The van der Waals surface area contributed by atoms with Crippen LogP contribution in [0.3, 0.4) is 0 Å². The normalized spacial score (nSPS) is 31.7. The standard InChI is InChI=1S/C9H16O5/c1(10-5-8-6-14-8)3-12-9-7-11-2-4-13-9/h8-9H,1-7H2. The Morgan fingerprint density at radius 2 is 2.00 bits per heavy atom. The van der Waals surface area contributed by atoms with Crippen LogP contribution in [0.1, 0.15) is 0 Å². The first-order valence-electron chi connectivity index (χ1n) is 4.95. The van der Waals surface area contributed by atoms with E-state index in [0.29, 0.717) is 45.7 Å². The van der Waals surface area contributed by atoms with Gasteiger partial charge < -0.3 is 23.7 Å². The van der Waals surface area contributed by atoms with Crippen LogP contribution in [0.4, 0.5) is 0 Å². The lowest BCUT2D eigenvalue weighted by molar-refractivity contribution is -0.215. The molecular weight excluding hydrogens is 188 g/mol. The molecule has 0 amide bonds. The van der Waals surface area contributed by atoms with Crippen LogP contribution in [0.15, 0.2) is 0 Å². The van der Waals surface area contributed by atoms with Crippen molar-refractivity contribution in [3.63, 3.8) is 0 Å². The molecule has 2 saturated heterocycles. The van der Waals surface area contributed by atoms with Crippen molar-refractivity contribution in [2.45, 2.75) is 12.4 Å². The molecule has 2 heterocycles. The monoisotopic (exact) mass is 204 g/mol. The van der Waals surface area contributed by atoms with E-state index >= 15 is 0 Å². The van der Waals surface area contributed by atoms with Gasteiger partial charge in [-0.3, -0.25) is 0 Å². The molecule has 0 bridgehead atoms. The first kappa shape index (κ1) is 10.3. The second kappa shape index (κ2) is 5.63. The Hall–Kier alpha value is -0.200. The number of ether oxygens (including phenoxy) is 5. The van der Waals surface area contributed by atoms with Crippen LogP contribution in [0.2, 0.25) is 0 Å². The van der Waals surface area contributed by atoms with Gasteiger partial charge in [-0.05, 0) is 0 Å². The highest BCUT2D eigenvalue weighted by Crippen LogP contribution is 2.08. The first-order chi connectivity index (χ1) is 6.95. The highest BCUT2D eigenvalue weighted by atomic mass is 16.7. The lowest BCUT2D eigenvalue weighted by Gasteiger charge is -2.22. The molecule has 2 aliphatic rings. The summed E-state index contributed by atoms with van der Waals surface area (Å²) in [5.41, 5.74) is 0. The first-order valence-corrected chi connectivity index (χ1v) is 4.95. The van der Waals surface area contributed by atoms with Crippen LogP contribution in [0.5, 0.6) is 0 Å². The summed E-state index contributed by atoms with van der Waals surface area (Å²) in [5.74, 6) is 0. The molecule has 0 N–H and O–H groups in total. The van der Waals surface area contributed by atoms with Crippen LogP contribution in [0.25, 0.3) is 0 Å². The zero-order chi connectivity index (χ0) is 9.64. The summed E-state index contributed by atoms with van der Waals surface area (Å²) < 4.78 is 26.1. The third kappa shape index (κ3) is 3.89. The summed E-state index contributed by atoms with van der Waals surface area (Å²) in [6.07, 6.45) is 0.105. The van der Waals surface area contributed by atoms with Gasteiger partial charge in [0.15, 0.2) is 6.29 Å². The van der Waals surface area contributed by atoms with Gasteiger partial charge in [0.2, 0.25) is 0 Å². The highest BCUT2D eigenvalue weighted by Gasteiger charge is 2.22. The molecule has 0 saturated carbocycles. The van der Waals surface area contributed by atoms with Gasteiger partial charge in [0, 0.05) is 0 Å². The average molecular weight is 204 g/mol. The highest BCUT2D eigenvalue weighted by molar-refractivity contribution is 4.66. The fourth-order valence-electron chi connectivity index (χ4n) is 1.18. The minimum Gasteiger partial charge on any atom is -0.376 e. The van der Waals surface area contributed by atoms with E-state index in [1.807, 2.05) is 0 Å². The summed E-state index contributed by atoms with van der Waals surface area (Å²) in [7, 11) is 0. The van der Waals surface area contributed by atoms with Crippen molar-refractivity contribution in [3.8, 4) is 0 Å². The molecule has 2 atom stereocenters. The van der Waals surface area contributed by atoms with Crippen molar-refractivity contribution >= 4 is 0 Å². The van der Waals surface area contributed by atoms with Gasteiger partial charge in [0.05, 0.1) is 46.2 Å². The Morgan fingerprint density at radius 1 is 1.07 bits per heavy atom. The van der Waals surface area contributed by atoms with Crippen molar-refractivity contribution in [2.75, 3.05) is 46.2 Å². The Labute approximate surface area is 83.2 Å². The van der Waals surface area contributed by atoms with Crippen LogP contribution in [-0.2, 0) is 23.7 Å². The molecule has 0 spiro atoms. The fraction of sp³-hybridized carbons (Fsp3) is 1.00. The second-order valence-corrected chi connectivity index (χ2v) is 3.28. The van der Waals surface area contributed by atoms with Gasteiger partial charge >= 0.3 is 0 Å². The van der Waals surface area contributed by atoms with E-state index < -0.39 is 0 Å². The number of hydrogen-bond acceptors (Lipinski definition) is 5. The van der Waals surface area contributed by atoms with E-state index in [4.69, 9.17) is 23.7 Å². The lowest BCUT2D eigenvalue weighted by atomic mass is 10.5. The zero-order valence-corrected chi connectivity index (χ0v) is 8.15. The topological polar surface area (TPSA) is 49.5 Å². The van der Waals surface area contributed by atoms with Gasteiger partial charge in [-0.15, -0.1) is 0 Å². The Bertz CT molecular complexity index is 153. The molecule has 2 rings (SSSR count). The second-order valence-electron chi connectivity index (χ2n) is 3.28. The van der Waals surface area contributed by atoms with Crippen molar-refractivity contribution in [3.05, 3.63) is 0 Å². The maximum atomic E-state index is 5.37. The average Bonchev–Trinajstić information content (AvgIpc) is 3.03. The summed E-state index contributed by atoms with van der Waals surface area (Å²) >= 11 is 0. The predicted molar refractivity (Wildman–Crippen MR) is 47.1 cm³/mol. The molecule has 5 nitrogen and oxygen atoms in total. The van der Waals surface area contributed by atoms with Crippen molar-refractivity contribution in [1.82, 2.24) is 0 Å². The quantitative estimate of drug-likeness (QED) is 0.442. The van der Waals surface area contributed by atoms with Crippen LogP contribution in [0, 0.1) is 0 Å². The van der Waals surface area contributed by atoms with Gasteiger partial charge in [0.25, 0.3) is 0 Å². The van der Waals surface area contributed by atoms with Crippen molar-refractivity contribution < 1.29 is 23.7 Å². The fourth-order valence-corrected chi connectivity index (χ4v) is 1.18. The SMILES string of the molecule is C(COC1COCCO1)OCC1CO1. The summed E-state index contributed by atoms with van der Waals surface area (Å²) in [6.45, 7) is 4.43. The molecule has 2 aliphatic heterocycles. The molecule has 2 fully saturated rings. The van der Waals surface area contributed by atoms with E-state index in [1.54, 1.807) is 0 Å². The third-order valence-corrected chi connectivity index (χ3v) is 2.02. The predicted octanol–water partition coefficient (Wildman–Crippen LogP) is -0.209. The molecular formula is C9H16O5. The Morgan fingerprint density at radius 3 is 2.71 bits per heavy atom. The largest absolute Gasteiger partial charge is 0.376 e. The van der Waals surface area contributed by atoms with Crippen LogP contribution >= 0.6 is 0 Å². The molecule has 0 radical (unpaired) electrons. The number of hydrogen-bond donors (Lipinski definition) is 0. The van der Waals surface area contributed by atoms with Crippen molar-refractivity contribution in [1.29, 1.82) is 0 Å². The lowest BCUT2D eigenvalue weighted by Crippen LogP contribution is -2.31. The molecule has 14 heavy (non-hydrogen) atoms. The van der Waals surface area contributed by atoms with E-state index in [0.717, 1.165) is 6.61 Å². The van der Waals surface area contributed by atoms with E-state index in [2.05, 4.69) is 0 Å². The van der Waals surface area contributed by atoms with Gasteiger partial charge in [0.1, 0.15) is 6.10 Å². The van der Waals surface area contributed by atoms with Gasteiger partial charge in [-0.2, -0.15) is 0 Å². The van der Waals surface area contributed by atoms with Gasteiger partial charge in [-0.25, -0.2) is 0 Å². The third-order valence-electron chi connectivity index (χ3n) is 2.02. The number of rotatable bonds is 6. The van der Waals surface area contributed by atoms with E-state index in [9.17, 15) is 0 Å². The van der Waals surface area contributed by atoms with Crippen molar-refractivity contribution in [2.24, 2.45) is 0 Å². The van der Waals surface area contributed by atoms with E-state index in [-0.39, 0.29) is 6.29 Å². The smallest absolute Gasteiger partial charge is 0.181 e. The summed E-state index contributed by atoms with van der Waals surface area (Å²) in [6, 6.07) is 0. The minimum atomic E-state index is -0.218. The maximum absolute atomic E-state index is 5.37. The molecule has 5 heteroatoms. The van der Waals surface area contributed by atoms with Gasteiger partial charge in [-0.1, -0.05) is 0 Å². The van der Waals surface area contributed by atoms with E-state index in [1.165, 1.54) is 0 Å². The molecule has 82 valence electrons. The summed E-state index contributed by atoms with van der Waals surface area (Å²) in [4.78, 5) is 0. The maximum Gasteiger partial charge on any atom is 0.181 e. The zero-order valence-electron chi connectivity index (χ0n) is 8.15. The molecule has 0 aromatic rings. The minimum absolute atomic E-state index is 0.218. The van der Waals surface area contributed by atoms with Crippen LogP contribution in [-0.4, -0.2) is 58.6 Å². The van der Waals surface area contributed by atoms with Crippen LogP contribution < -0.4 is 0 Å². The molecule has 0 aliphatic carbocycles. The Balaban J connectivity index is 1.41. The molecule has 0 aromatic heterocycles.